The fourth-order valence-electron chi connectivity index (χ4n) is 3.43. The molecule has 10 heteroatoms. The van der Waals surface area contributed by atoms with Crippen molar-refractivity contribution in [2.75, 3.05) is 20.8 Å². The summed E-state index contributed by atoms with van der Waals surface area (Å²) in [5.41, 5.74) is 2.92. The largest absolute Gasteiger partial charge is 0.465 e. The van der Waals surface area contributed by atoms with Crippen LogP contribution < -0.4 is 0 Å². The van der Waals surface area contributed by atoms with E-state index in [0.29, 0.717) is 28.3 Å². The van der Waals surface area contributed by atoms with E-state index < -0.39 is 30.3 Å². The first-order valence-corrected chi connectivity index (χ1v) is 10.2. The van der Waals surface area contributed by atoms with Gasteiger partial charge in [0.1, 0.15) is 0 Å². The number of carbonyl (C=O) groups excluding carboxylic acids is 4. The number of benzene rings is 1. The molecule has 2 heterocycles. The lowest BCUT2D eigenvalue weighted by Crippen LogP contribution is -2.16. The van der Waals surface area contributed by atoms with Gasteiger partial charge in [-0.15, -0.1) is 0 Å². The van der Waals surface area contributed by atoms with E-state index in [2.05, 4.69) is 9.97 Å². The highest BCUT2D eigenvalue weighted by Gasteiger charge is 2.21. The van der Waals surface area contributed by atoms with Crippen LogP contribution >= 0.6 is 0 Å². The molecule has 0 spiro atoms. The first kappa shape index (κ1) is 24.3. The van der Waals surface area contributed by atoms with Gasteiger partial charge in [0, 0.05) is 28.8 Å². The van der Waals surface area contributed by atoms with E-state index in [1.54, 1.807) is 43.5 Å². The molecule has 1 aromatic carbocycles. The molecular weight excluding hydrogens is 442 g/mol. The Hall–Kier alpha value is -4.34. The van der Waals surface area contributed by atoms with E-state index in [9.17, 15) is 19.2 Å². The lowest BCUT2D eigenvalue weighted by atomic mass is 10.1. The summed E-state index contributed by atoms with van der Waals surface area (Å²) in [6, 6.07) is 6.10. The van der Waals surface area contributed by atoms with Crippen LogP contribution in [0, 0.1) is 20.8 Å². The number of hydrogen-bond acceptors (Lipinski definition) is 9. The van der Waals surface area contributed by atoms with Gasteiger partial charge in [0.15, 0.2) is 12.3 Å². The molecule has 0 aliphatic heterocycles. The number of hydrogen-bond donors (Lipinski definition) is 0. The van der Waals surface area contributed by atoms with Gasteiger partial charge in [0.25, 0.3) is 0 Å². The summed E-state index contributed by atoms with van der Waals surface area (Å²) in [4.78, 5) is 57.2. The second kappa shape index (κ2) is 10.1. The minimum Gasteiger partial charge on any atom is -0.465 e. The molecule has 0 saturated carbocycles. The SMILES string of the molecule is COC(=O)c1cc(C(=O)OC)cc(-n2c(C)cc(C(=O)COC(=O)c3cnc(C)cn3)c2C)c1. The Morgan fingerprint density at radius 2 is 1.44 bits per heavy atom. The van der Waals surface area contributed by atoms with Crippen molar-refractivity contribution in [1.82, 2.24) is 14.5 Å². The number of nitrogens with zero attached hydrogens (tertiary/aromatic N) is 3. The summed E-state index contributed by atoms with van der Waals surface area (Å²) in [5, 5.41) is 0. The van der Waals surface area contributed by atoms with Crippen molar-refractivity contribution >= 4 is 23.7 Å². The number of ketones is 1. The lowest BCUT2D eigenvalue weighted by Gasteiger charge is -2.13. The smallest absolute Gasteiger partial charge is 0.358 e. The maximum absolute atomic E-state index is 12.8. The Morgan fingerprint density at radius 1 is 0.824 bits per heavy atom. The number of methoxy groups -OCH3 is 2. The van der Waals surface area contributed by atoms with E-state index >= 15 is 0 Å². The van der Waals surface area contributed by atoms with Crippen LogP contribution in [0.15, 0.2) is 36.7 Å². The second-order valence-corrected chi connectivity index (χ2v) is 7.41. The van der Waals surface area contributed by atoms with Gasteiger partial charge in [-0.3, -0.25) is 9.78 Å². The highest BCUT2D eigenvalue weighted by Crippen LogP contribution is 2.24. The van der Waals surface area contributed by atoms with Gasteiger partial charge >= 0.3 is 17.9 Å². The van der Waals surface area contributed by atoms with Crippen molar-refractivity contribution in [3.63, 3.8) is 0 Å². The molecule has 0 N–H and O–H groups in total. The van der Waals surface area contributed by atoms with E-state index in [0.717, 1.165) is 0 Å². The van der Waals surface area contributed by atoms with Crippen LogP contribution in [0.2, 0.25) is 0 Å². The molecule has 0 radical (unpaired) electrons. The molecule has 0 bridgehead atoms. The molecule has 0 aliphatic carbocycles. The zero-order valence-electron chi connectivity index (χ0n) is 19.4. The molecule has 10 nitrogen and oxygen atoms in total. The molecule has 0 aliphatic rings. The third-order valence-corrected chi connectivity index (χ3v) is 5.07. The normalized spacial score (nSPS) is 10.5. The van der Waals surface area contributed by atoms with Crippen molar-refractivity contribution < 1.29 is 33.4 Å². The molecule has 3 aromatic rings. The Bertz CT molecular complexity index is 1240. The number of ether oxygens (including phenoxy) is 3. The zero-order chi connectivity index (χ0) is 25.0. The number of aryl methyl sites for hydroxylation is 2. The number of Topliss-reactive ketones (excluding diaryl/α,β-unsaturated/α-hetero) is 1. The molecule has 0 unspecified atom stereocenters. The van der Waals surface area contributed by atoms with Gasteiger partial charge in [-0.05, 0) is 45.0 Å². The molecule has 0 fully saturated rings. The highest BCUT2D eigenvalue weighted by molar-refractivity contribution is 6.00. The molecule has 0 amide bonds. The van der Waals surface area contributed by atoms with Crippen molar-refractivity contribution in [2.45, 2.75) is 20.8 Å². The number of aromatic nitrogens is 3. The van der Waals surface area contributed by atoms with Crippen molar-refractivity contribution in [1.29, 1.82) is 0 Å². The van der Waals surface area contributed by atoms with Gasteiger partial charge in [-0.2, -0.15) is 0 Å². The van der Waals surface area contributed by atoms with Crippen LogP contribution in [0.5, 0.6) is 0 Å². The van der Waals surface area contributed by atoms with Crippen LogP contribution in [0.25, 0.3) is 5.69 Å². The predicted molar refractivity (Wildman–Crippen MR) is 119 cm³/mol. The van der Waals surface area contributed by atoms with Gasteiger partial charge in [0.05, 0.1) is 37.2 Å². The molecule has 3 rings (SSSR count). The van der Waals surface area contributed by atoms with Gasteiger partial charge < -0.3 is 18.8 Å². The summed E-state index contributed by atoms with van der Waals surface area (Å²) >= 11 is 0. The third kappa shape index (κ3) is 5.01. The minimum absolute atomic E-state index is 0.00108. The van der Waals surface area contributed by atoms with E-state index in [4.69, 9.17) is 14.2 Å². The van der Waals surface area contributed by atoms with Gasteiger partial charge in [-0.25, -0.2) is 19.4 Å². The molecule has 2 aromatic heterocycles. The summed E-state index contributed by atoms with van der Waals surface area (Å²) in [6.45, 7) is 4.71. The number of carbonyl (C=O) groups is 4. The molecule has 0 atom stereocenters. The Labute approximate surface area is 195 Å². The topological polar surface area (TPSA) is 127 Å². The summed E-state index contributed by atoms with van der Waals surface area (Å²) in [7, 11) is 2.47. The monoisotopic (exact) mass is 465 g/mol. The molecule has 0 saturated heterocycles. The number of rotatable bonds is 7. The first-order chi connectivity index (χ1) is 16.2. The summed E-state index contributed by atoms with van der Waals surface area (Å²) < 4.78 is 16.4. The average Bonchev–Trinajstić information content (AvgIpc) is 3.14. The third-order valence-electron chi connectivity index (χ3n) is 5.07. The minimum atomic E-state index is -0.761. The van der Waals surface area contributed by atoms with E-state index in [1.807, 2.05) is 0 Å². The standard InChI is InChI=1S/C24H23N3O7/c1-13-10-26-20(11-25-13)24(31)34-12-21(28)19-6-14(2)27(15(19)3)18-8-16(22(29)32-4)7-17(9-18)23(30)33-5/h6-11H,12H2,1-5H3. The fourth-order valence-corrected chi connectivity index (χ4v) is 3.43. The van der Waals surface area contributed by atoms with Crippen molar-refractivity contribution in [3.8, 4) is 5.69 Å². The summed E-state index contributed by atoms with van der Waals surface area (Å²) in [5.74, 6) is -2.44. The predicted octanol–water partition coefficient (Wildman–Crippen LogP) is 2.81. The fraction of sp³-hybridized carbons (Fsp3) is 0.250. The summed E-state index contributed by atoms with van der Waals surface area (Å²) in [6.07, 6.45) is 2.71. The Kier molecular flexibility index (Phi) is 7.20. The molecular formula is C24H23N3O7. The molecule has 176 valence electrons. The first-order valence-electron chi connectivity index (χ1n) is 10.2. The van der Waals surface area contributed by atoms with Gasteiger partial charge in [0.2, 0.25) is 5.78 Å². The van der Waals surface area contributed by atoms with Crippen LogP contribution in [0.1, 0.15) is 58.6 Å². The van der Waals surface area contributed by atoms with Crippen LogP contribution in [0.4, 0.5) is 0 Å². The molecule has 34 heavy (non-hydrogen) atoms. The number of esters is 3. The average molecular weight is 465 g/mol. The zero-order valence-corrected chi connectivity index (χ0v) is 19.4. The quantitative estimate of drug-likeness (QED) is 0.294. The van der Waals surface area contributed by atoms with E-state index in [1.165, 1.54) is 32.7 Å². The Balaban J connectivity index is 1.90. The lowest BCUT2D eigenvalue weighted by molar-refractivity contribution is 0.0468. The Morgan fingerprint density at radius 3 is 1.97 bits per heavy atom. The second-order valence-electron chi connectivity index (χ2n) is 7.41. The van der Waals surface area contributed by atoms with Crippen molar-refractivity contribution in [2.24, 2.45) is 0 Å². The van der Waals surface area contributed by atoms with Crippen molar-refractivity contribution in [3.05, 3.63) is 76.1 Å². The van der Waals surface area contributed by atoms with E-state index in [-0.39, 0.29) is 16.8 Å². The van der Waals surface area contributed by atoms with Crippen LogP contribution in [0.3, 0.4) is 0 Å². The van der Waals surface area contributed by atoms with Crippen LogP contribution in [-0.2, 0) is 14.2 Å². The maximum Gasteiger partial charge on any atom is 0.358 e. The maximum atomic E-state index is 12.8. The van der Waals surface area contributed by atoms with Crippen LogP contribution in [-0.4, -0.2) is 59.1 Å². The highest BCUT2D eigenvalue weighted by atomic mass is 16.5. The van der Waals surface area contributed by atoms with Gasteiger partial charge in [-0.1, -0.05) is 0 Å².